The van der Waals surface area contributed by atoms with E-state index in [-0.39, 0.29) is 24.0 Å². The van der Waals surface area contributed by atoms with Crippen LogP contribution in [-0.2, 0) is 20.7 Å². The molecule has 8 heteroatoms. The number of Topliss-reactive ketones (excluding diaryl/α,β-unsaturated/α-hetero) is 2. The Balaban J connectivity index is 0.991. The Kier molecular flexibility index (Phi) is 7.70. The van der Waals surface area contributed by atoms with Crippen LogP contribution in [-0.4, -0.2) is 40.3 Å². The summed E-state index contributed by atoms with van der Waals surface area (Å²) in [4.78, 5) is 50.1. The van der Waals surface area contributed by atoms with Crippen molar-refractivity contribution in [1.29, 1.82) is 0 Å². The third kappa shape index (κ3) is 5.17. The molecule has 7 rings (SSSR count). The van der Waals surface area contributed by atoms with Crippen LogP contribution in [0.4, 0.5) is 0 Å². The number of H-pyrrole nitrogens is 2. The van der Waals surface area contributed by atoms with Crippen molar-refractivity contribution in [2.45, 2.75) is 78.1 Å². The van der Waals surface area contributed by atoms with Crippen LogP contribution >= 0.6 is 0 Å². The summed E-state index contributed by atoms with van der Waals surface area (Å²) in [5, 5.41) is 0. The summed E-state index contributed by atoms with van der Waals surface area (Å²) >= 11 is 0. The van der Waals surface area contributed by atoms with Crippen LogP contribution in [0.2, 0.25) is 0 Å². The van der Waals surface area contributed by atoms with Crippen LogP contribution in [0, 0.1) is 31.1 Å². The summed E-state index contributed by atoms with van der Waals surface area (Å²) in [6.07, 6.45) is 11.4. The van der Waals surface area contributed by atoms with Gasteiger partial charge in [0.2, 0.25) is 0 Å². The molecule has 1 aliphatic heterocycles. The number of ketones is 2. The van der Waals surface area contributed by atoms with E-state index in [2.05, 4.69) is 23.0 Å². The van der Waals surface area contributed by atoms with Crippen molar-refractivity contribution in [1.82, 2.24) is 9.97 Å². The van der Waals surface area contributed by atoms with Gasteiger partial charge >= 0.3 is 5.97 Å². The van der Waals surface area contributed by atoms with Crippen LogP contribution < -0.4 is 4.74 Å². The SMILES string of the molecule is COC1=CC(c2ccc[nH]2)=NC1=Cc1[nH]c(C)c(C(=O)CCC(=O)Oc2ccc3c(c2)CC[C@@H]2[C@@H]3CC[C@]3(C)C(=O)CC[C@@H]23)c1C. The number of aliphatic imine (C=N–C) groups is 1. The third-order valence-electron chi connectivity index (χ3n) is 11.1. The Morgan fingerprint density at radius 2 is 1.96 bits per heavy atom. The van der Waals surface area contributed by atoms with Gasteiger partial charge in [0, 0.05) is 47.5 Å². The molecule has 8 nitrogen and oxygen atoms in total. The Labute approximate surface area is 269 Å². The maximum Gasteiger partial charge on any atom is 0.311 e. The minimum absolute atomic E-state index is 0.00421. The molecule has 3 aromatic rings. The van der Waals surface area contributed by atoms with Crippen molar-refractivity contribution in [3.63, 3.8) is 0 Å². The second-order valence-electron chi connectivity index (χ2n) is 13.6. The molecule has 2 aromatic heterocycles. The molecule has 0 spiro atoms. The Bertz CT molecular complexity index is 1820. The molecule has 2 fully saturated rings. The maximum atomic E-state index is 13.3. The molecule has 2 saturated carbocycles. The zero-order valence-electron chi connectivity index (χ0n) is 27.0. The van der Waals surface area contributed by atoms with Gasteiger partial charge in [-0.1, -0.05) is 13.0 Å². The van der Waals surface area contributed by atoms with Crippen molar-refractivity contribution < 1.29 is 23.9 Å². The topological polar surface area (TPSA) is 114 Å². The molecule has 3 heterocycles. The van der Waals surface area contributed by atoms with E-state index in [1.807, 2.05) is 56.5 Å². The van der Waals surface area contributed by atoms with Crippen LogP contribution in [0.25, 0.3) is 6.08 Å². The van der Waals surface area contributed by atoms with Gasteiger partial charge < -0.3 is 19.4 Å². The second kappa shape index (κ2) is 11.7. The number of fused-ring (bicyclic) bond motifs is 5. The maximum absolute atomic E-state index is 13.3. The van der Waals surface area contributed by atoms with Crippen LogP contribution in [0.1, 0.15) is 102 Å². The largest absolute Gasteiger partial charge is 0.494 e. The van der Waals surface area contributed by atoms with Crippen molar-refractivity contribution in [3.05, 3.63) is 93.4 Å². The summed E-state index contributed by atoms with van der Waals surface area (Å²) in [6.45, 7) is 5.96. The van der Waals surface area contributed by atoms with Crippen LogP contribution in [0.5, 0.6) is 5.75 Å². The summed E-state index contributed by atoms with van der Waals surface area (Å²) in [7, 11) is 1.61. The summed E-state index contributed by atoms with van der Waals surface area (Å²) in [5.74, 6) is 2.63. The molecule has 4 aliphatic rings. The number of carbonyl (C=O) groups excluding carboxylic acids is 3. The number of aryl methyl sites for hydroxylation is 2. The van der Waals surface area contributed by atoms with Crippen LogP contribution in [0.15, 0.2) is 59.1 Å². The highest BCUT2D eigenvalue weighted by Gasteiger charge is 2.54. The van der Waals surface area contributed by atoms with Gasteiger partial charge in [0.15, 0.2) is 5.78 Å². The number of benzene rings is 1. The zero-order chi connectivity index (χ0) is 32.2. The van der Waals surface area contributed by atoms with E-state index in [0.29, 0.717) is 46.3 Å². The van der Waals surface area contributed by atoms with Gasteiger partial charge in [0.25, 0.3) is 0 Å². The highest BCUT2D eigenvalue weighted by Crippen LogP contribution is 2.59. The lowest BCUT2D eigenvalue weighted by molar-refractivity contribution is -0.134. The molecule has 0 saturated heterocycles. The van der Waals surface area contributed by atoms with Crippen molar-refractivity contribution in [3.8, 4) is 5.75 Å². The predicted molar refractivity (Wildman–Crippen MR) is 176 cm³/mol. The molecule has 4 atom stereocenters. The van der Waals surface area contributed by atoms with Crippen LogP contribution in [0.3, 0.4) is 0 Å². The number of nitrogens with zero attached hydrogens (tertiary/aromatic N) is 1. The first-order chi connectivity index (χ1) is 22.2. The quantitative estimate of drug-likeness (QED) is 0.156. The number of rotatable bonds is 8. The number of allylic oxidation sites excluding steroid dienone is 1. The van der Waals surface area contributed by atoms with E-state index < -0.39 is 5.97 Å². The number of hydrogen-bond acceptors (Lipinski definition) is 6. The van der Waals surface area contributed by atoms with Crippen molar-refractivity contribution >= 4 is 29.3 Å². The molecular formula is C38H41N3O5. The molecule has 2 N–H and O–H groups in total. The fourth-order valence-corrected chi connectivity index (χ4v) is 8.70. The van der Waals surface area contributed by atoms with Crippen molar-refractivity contribution in [2.75, 3.05) is 7.11 Å². The minimum atomic E-state index is -0.417. The van der Waals surface area contributed by atoms with Gasteiger partial charge in [0.05, 0.1) is 24.9 Å². The summed E-state index contributed by atoms with van der Waals surface area (Å²) in [5.41, 5.74) is 7.71. The monoisotopic (exact) mass is 619 g/mol. The Hall–Kier alpha value is -4.46. The second-order valence-corrected chi connectivity index (χ2v) is 13.6. The predicted octanol–water partition coefficient (Wildman–Crippen LogP) is 7.33. The Morgan fingerprint density at radius 1 is 1.11 bits per heavy atom. The standard InChI is InChI=1S/C38H41N3O5/c1-21-30(19-32-34(45-4)20-31(41-32)29-6-5-17-39-29)40-22(2)37(21)33(42)12-14-36(44)46-24-8-10-25-23(18-24)7-9-27-26(25)15-16-38(3)28(27)11-13-35(38)43/h5-6,8,10,17-20,26-28,39-40H,7,9,11-16H2,1-4H3/t26-,27-,28+,38+/m1/s1. The molecule has 0 unspecified atom stereocenters. The normalized spacial score (nSPS) is 25.9. The lowest BCUT2D eigenvalue weighted by Crippen LogP contribution is -2.42. The van der Waals surface area contributed by atoms with E-state index >= 15 is 0 Å². The first-order valence-electron chi connectivity index (χ1n) is 16.5. The van der Waals surface area contributed by atoms with Gasteiger partial charge in [-0.05, 0) is 111 Å². The van der Waals surface area contributed by atoms with E-state index in [1.54, 1.807) is 7.11 Å². The highest BCUT2D eigenvalue weighted by molar-refractivity contribution is 6.11. The molecule has 1 aromatic carbocycles. The lowest BCUT2D eigenvalue weighted by Gasteiger charge is -2.48. The van der Waals surface area contributed by atoms with Gasteiger partial charge in [-0.25, -0.2) is 4.99 Å². The minimum Gasteiger partial charge on any atom is -0.494 e. The molecule has 46 heavy (non-hydrogen) atoms. The van der Waals surface area contributed by atoms with Gasteiger partial charge in [0.1, 0.15) is 23.0 Å². The zero-order valence-corrected chi connectivity index (χ0v) is 27.0. The lowest BCUT2D eigenvalue weighted by atomic mass is 9.55. The fourth-order valence-electron chi connectivity index (χ4n) is 8.70. The molecule has 3 aliphatic carbocycles. The molecular weight excluding hydrogens is 578 g/mol. The number of esters is 1. The summed E-state index contributed by atoms with van der Waals surface area (Å²) in [6, 6.07) is 9.89. The van der Waals surface area contributed by atoms with Crippen molar-refractivity contribution in [2.24, 2.45) is 22.2 Å². The van der Waals surface area contributed by atoms with E-state index in [1.165, 1.54) is 11.1 Å². The van der Waals surface area contributed by atoms with E-state index in [4.69, 9.17) is 14.5 Å². The third-order valence-corrected chi connectivity index (χ3v) is 11.1. The smallest absolute Gasteiger partial charge is 0.311 e. The highest BCUT2D eigenvalue weighted by atomic mass is 16.5. The first kappa shape index (κ1) is 30.2. The summed E-state index contributed by atoms with van der Waals surface area (Å²) < 4.78 is 11.3. The fraction of sp³-hybridized carbons (Fsp3) is 0.421. The van der Waals surface area contributed by atoms with Gasteiger partial charge in [-0.15, -0.1) is 0 Å². The van der Waals surface area contributed by atoms with E-state index in [0.717, 1.165) is 66.9 Å². The van der Waals surface area contributed by atoms with E-state index in [9.17, 15) is 14.4 Å². The van der Waals surface area contributed by atoms with Gasteiger partial charge in [-0.3, -0.25) is 14.4 Å². The number of carbonyl (C=O) groups is 3. The average molecular weight is 620 g/mol. The number of nitrogens with one attached hydrogen (secondary N) is 2. The number of aromatic nitrogens is 2. The first-order valence-corrected chi connectivity index (χ1v) is 16.5. The molecule has 238 valence electrons. The average Bonchev–Trinajstić information content (AvgIpc) is 3.83. The number of aromatic amines is 2. The molecule has 0 amide bonds. The van der Waals surface area contributed by atoms with Gasteiger partial charge in [-0.2, -0.15) is 0 Å². The number of methoxy groups -OCH3 is 1. The molecule has 0 bridgehead atoms. The Morgan fingerprint density at radius 3 is 2.74 bits per heavy atom. The molecule has 0 radical (unpaired) electrons. The number of hydrogen-bond donors (Lipinski definition) is 2. The number of ether oxygens (including phenoxy) is 2.